The molecule has 2 aromatic rings. The summed E-state index contributed by atoms with van der Waals surface area (Å²) in [5.41, 5.74) is 2.97. The zero-order valence-electron chi connectivity index (χ0n) is 13.3. The number of benzene rings is 1. The van der Waals surface area contributed by atoms with Crippen LogP contribution >= 0.6 is 0 Å². The molecule has 0 amide bonds. The zero-order chi connectivity index (χ0) is 16.7. The Hall–Kier alpha value is -2.20. The molecule has 1 aromatic carbocycles. The highest BCUT2D eigenvalue weighted by Crippen LogP contribution is 2.19. The van der Waals surface area contributed by atoms with Crippen LogP contribution < -0.4 is 0 Å². The van der Waals surface area contributed by atoms with Crippen molar-refractivity contribution >= 4 is 0 Å². The number of nitriles is 1. The van der Waals surface area contributed by atoms with Crippen LogP contribution in [0.15, 0.2) is 30.3 Å². The van der Waals surface area contributed by atoms with Gasteiger partial charge in [0, 0.05) is 26.2 Å². The first-order valence-electron chi connectivity index (χ1n) is 7.69. The molecule has 2 rings (SSSR count). The molecule has 0 bridgehead atoms. The van der Waals surface area contributed by atoms with Gasteiger partial charge in [-0.25, -0.2) is 4.68 Å². The molecule has 6 heteroatoms. The van der Waals surface area contributed by atoms with E-state index in [2.05, 4.69) is 11.2 Å². The lowest BCUT2D eigenvalue weighted by Gasteiger charge is -2.21. The first kappa shape index (κ1) is 17.2. The van der Waals surface area contributed by atoms with E-state index in [-0.39, 0.29) is 13.2 Å². The van der Waals surface area contributed by atoms with E-state index < -0.39 is 0 Å². The maximum atomic E-state index is 9.47. The molecule has 122 valence electrons. The van der Waals surface area contributed by atoms with Crippen molar-refractivity contribution in [3.63, 3.8) is 0 Å². The van der Waals surface area contributed by atoms with Crippen molar-refractivity contribution in [3.8, 4) is 11.8 Å². The van der Waals surface area contributed by atoms with Crippen LogP contribution in [0.25, 0.3) is 5.69 Å². The van der Waals surface area contributed by atoms with Crippen LogP contribution in [0.5, 0.6) is 0 Å². The van der Waals surface area contributed by atoms with Gasteiger partial charge in [0.2, 0.25) is 0 Å². The summed E-state index contributed by atoms with van der Waals surface area (Å²) in [6, 6.07) is 11.9. The molecule has 0 fully saturated rings. The fraction of sp³-hybridized carbons (Fsp3) is 0.412. The summed E-state index contributed by atoms with van der Waals surface area (Å²) in [5.74, 6) is 0. The van der Waals surface area contributed by atoms with Gasteiger partial charge in [-0.15, -0.1) is 0 Å². The number of aryl methyl sites for hydroxylation is 1. The minimum Gasteiger partial charge on any atom is -0.396 e. The molecule has 0 aliphatic heterocycles. The Labute approximate surface area is 136 Å². The van der Waals surface area contributed by atoms with Crippen LogP contribution in [0.3, 0.4) is 0 Å². The predicted octanol–water partition coefficient (Wildman–Crippen LogP) is 1.23. The highest BCUT2D eigenvalue weighted by molar-refractivity contribution is 5.43. The third kappa shape index (κ3) is 4.17. The van der Waals surface area contributed by atoms with E-state index in [4.69, 9.17) is 5.11 Å². The number of aromatic nitrogens is 2. The molecule has 0 saturated heterocycles. The van der Waals surface area contributed by atoms with Gasteiger partial charge in [0.15, 0.2) is 0 Å². The number of hydrogen-bond acceptors (Lipinski definition) is 5. The topological polar surface area (TPSA) is 85.3 Å². The first-order valence-corrected chi connectivity index (χ1v) is 7.69. The molecule has 2 N–H and O–H groups in total. The SMILES string of the molecule is Cc1nn(-c2ccccc2)c(CN(CCO)CCCO)c1C#N. The Kier molecular flexibility index (Phi) is 6.29. The van der Waals surface area contributed by atoms with E-state index in [9.17, 15) is 10.4 Å². The van der Waals surface area contributed by atoms with Crippen molar-refractivity contribution < 1.29 is 10.2 Å². The van der Waals surface area contributed by atoms with Crippen molar-refractivity contribution in [2.45, 2.75) is 19.9 Å². The summed E-state index contributed by atoms with van der Waals surface area (Å²) < 4.78 is 1.79. The van der Waals surface area contributed by atoms with Crippen LogP contribution in [0, 0.1) is 18.3 Å². The summed E-state index contributed by atoms with van der Waals surface area (Å²) in [4.78, 5) is 2.02. The average Bonchev–Trinajstić information content (AvgIpc) is 2.89. The molecule has 23 heavy (non-hydrogen) atoms. The van der Waals surface area contributed by atoms with Gasteiger partial charge >= 0.3 is 0 Å². The summed E-state index contributed by atoms with van der Waals surface area (Å²) in [6.45, 7) is 3.60. The van der Waals surface area contributed by atoms with Gasteiger partial charge in [-0.2, -0.15) is 10.4 Å². The highest BCUT2D eigenvalue weighted by Gasteiger charge is 2.18. The van der Waals surface area contributed by atoms with Gasteiger partial charge in [0.05, 0.1) is 29.2 Å². The molecule has 0 aliphatic rings. The van der Waals surface area contributed by atoms with Crippen molar-refractivity contribution in [1.82, 2.24) is 14.7 Å². The summed E-state index contributed by atoms with van der Waals surface area (Å²) in [6.07, 6.45) is 0.625. The molecule has 1 aromatic heterocycles. The number of rotatable bonds is 8. The monoisotopic (exact) mass is 314 g/mol. The quantitative estimate of drug-likeness (QED) is 0.765. The molecule has 0 radical (unpaired) electrons. The zero-order valence-corrected chi connectivity index (χ0v) is 13.3. The number of para-hydroxylation sites is 1. The van der Waals surface area contributed by atoms with Crippen molar-refractivity contribution in [2.75, 3.05) is 26.3 Å². The summed E-state index contributed by atoms with van der Waals surface area (Å²) in [5, 5.41) is 32.2. The second-order valence-corrected chi connectivity index (χ2v) is 5.34. The van der Waals surface area contributed by atoms with Crippen LogP contribution in [0.4, 0.5) is 0 Å². The van der Waals surface area contributed by atoms with Crippen molar-refractivity contribution in [1.29, 1.82) is 5.26 Å². The Morgan fingerprint density at radius 1 is 1.17 bits per heavy atom. The van der Waals surface area contributed by atoms with Gasteiger partial charge in [0.1, 0.15) is 6.07 Å². The molecular weight excluding hydrogens is 292 g/mol. The lowest BCUT2D eigenvalue weighted by molar-refractivity contribution is 0.172. The summed E-state index contributed by atoms with van der Waals surface area (Å²) >= 11 is 0. The minimum atomic E-state index is 0.0335. The first-order chi connectivity index (χ1) is 11.2. The Bertz CT molecular complexity index is 661. The van der Waals surface area contributed by atoms with Crippen LogP contribution in [-0.2, 0) is 6.54 Å². The van der Waals surface area contributed by atoms with Gasteiger partial charge in [0.25, 0.3) is 0 Å². The largest absolute Gasteiger partial charge is 0.396 e. The number of hydrogen-bond donors (Lipinski definition) is 2. The van der Waals surface area contributed by atoms with E-state index in [0.717, 1.165) is 11.4 Å². The van der Waals surface area contributed by atoms with E-state index in [1.54, 1.807) is 4.68 Å². The lowest BCUT2D eigenvalue weighted by atomic mass is 10.2. The number of aliphatic hydroxyl groups excluding tert-OH is 2. The van der Waals surface area contributed by atoms with Crippen LogP contribution in [-0.4, -0.2) is 51.2 Å². The molecular formula is C17H22N4O2. The highest BCUT2D eigenvalue weighted by atomic mass is 16.3. The Balaban J connectivity index is 2.37. The molecule has 0 aliphatic carbocycles. The summed E-state index contributed by atoms with van der Waals surface area (Å²) in [7, 11) is 0. The maximum Gasteiger partial charge on any atom is 0.103 e. The Morgan fingerprint density at radius 3 is 2.52 bits per heavy atom. The fourth-order valence-electron chi connectivity index (χ4n) is 2.57. The smallest absolute Gasteiger partial charge is 0.103 e. The number of aliphatic hydroxyl groups is 2. The molecule has 1 heterocycles. The lowest BCUT2D eigenvalue weighted by Crippen LogP contribution is -2.29. The average molecular weight is 314 g/mol. The van der Waals surface area contributed by atoms with E-state index in [0.29, 0.717) is 37.3 Å². The van der Waals surface area contributed by atoms with E-state index in [1.165, 1.54) is 0 Å². The van der Waals surface area contributed by atoms with E-state index >= 15 is 0 Å². The third-order valence-corrected chi connectivity index (χ3v) is 3.69. The minimum absolute atomic E-state index is 0.0335. The predicted molar refractivity (Wildman–Crippen MR) is 87.1 cm³/mol. The molecule has 0 saturated carbocycles. The van der Waals surface area contributed by atoms with Crippen LogP contribution in [0.1, 0.15) is 23.4 Å². The third-order valence-electron chi connectivity index (χ3n) is 3.69. The molecule has 0 spiro atoms. The second kappa shape index (κ2) is 8.44. The molecule has 0 unspecified atom stereocenters. The Morgan fingerprint density at radius 2 is 1.91 bits per heavy atom. The molecule has 6 nitrogen and oxygen atoms in total. The van der Waals surface area contributed by atoms with Crippen molar-refractivity contribution in [2.24, 2.45) is 0 Å². The number of nitrogens with zero attached hydrogens (tertiary/aromatic N) is 4. The van der Waals surface area contributed by atoms with Gasteiger partial charge < -0.3 is 10.2 Å². The van der Waals surface area contributed by atoms with E-state index in [1.807, 2.05) is 42.2 Å². The fourth-order valence-corrected chi connectivity index (χ4v) is 2.57. The van der Waals surface area contributed by atoms with Crippen LogP contribution in [0.2, 0.25) is 0 Å². The maximum absolute atomic E-state index is 9.47. The van der Waals surface area contributed by atoms with Gasteiger partial charge in [-0.05, 0) is 25.5 Å². The van der Waals surface area contributed by atoms with Crippen molar-refractivity contribution in [3.05, 3.63) is 47.3 Å². The molecule has 0 atom stereocenters. The van der Waals surface area contributed by atoms with Gasteiger partial charge in [-0.3, -0.25) is 4.90 Å². The normalized spacial score (nSPS) is 10.9. The standard InChI is InChI=1S/C17H22N4O2/c1-14-16(12-18)17(13-20(9-11-23)8-5-10-22)21(19-14)15-6-3-2-4-7-15/h2-4,6-7,22-23H,5,8-11,13H2,1H3. The van der Waals surface area contributed by atoms with Gasteiger partial charge in [-0.1, -0.05) is 18.2 Å². The second-order valence-electron chi connectivity index (χ2n) is 5.34.